The summed E-state index contributed by atoms with van der Waals surface area (Å²) in [4.78, 5) is 33.3. The minimum atomic E-state index is -1.15. The van der Waals surface area contributed by atoms with Crippen molar-refractivity contribution in [3.8, 4) is 0 Å². The second kappa shape index (κ2) is 4.95. The van der Waals surface area contributed by atoms with E-state index in [9.17, 15) is 14.7 Å². The van der Waals surface area contributed by atoms with Gasteiger partial charge in [-0.2, -0.15) is 0 Å². The summed E-state index contributed by atoms with van der Waals surface area (Å²) < 4.78 is 0. The van der Waals surface area contributed by atoms with Crippen LogP contribution in [-0.4, -0.2) is 43.9 Å². The van der Waals surface area contributed by atoms with Crippen molar-refractivity contribution in [2.45, 2.75) is 38.6 Å². The van der Waals surface area contributed by atoms with E-state index in [1.54, 1.807) is 13.8 Å². The lowest BCUT2D eigenvalue weighted by Gasteiger charge is -2.41. The molecule has 1 amide bonds. The summed E-state index contributed by atoms with van der Waals surface area (Å²) in [5, 5.41) is 9.38. The van der Waals surface area contributed by atoms with E-state index in [-0.39, 0.29) is 11.6 Å². The molecule has 0 spiro atoms. The monoisotopic (exact) mass is 263 g/mol. The Morgan fingerprint density at radius 1 is 1.32 bits per heavy atom. The van der Waals surface area contributed by atoms with E-state index < -0.39 is 11.5 Å². The number of aliphatic carboxylic acids is 1. The van der Waals surface area contributed by atoms with Gasteiger partial charge in [-0.3, -0.25) is 9.78 Å². The maximum Gasteiger partial charge on any atom is 0.329 e. The normalized spacial score (nSPS) is 23.2. The highest BCUT2D eigenvalue weighted by atomic mass is 16.4. The Hall–Kier alpha value is -1.98. The fraction of sp³-hybridized carbons (Fsp3) is 0.538. The van der Waals surface area contributed by atoms with Crippen molar-refractivity contribution in [3.05, 3.63) is 23.8 Å². The van der Waals surface area contributed by atoms with Crippen molar-refractivity contribution in [3.63, 3.8) is 0 Å². The average molecular weight is 263 g/mol. The molecule has 1 aromatic rings. The topological polar surface area (TPSA) is 83.4 Å². The van der Waals surface area contributed by atoms with Gasteiger partial charge in [0.05, 0.1) is 11.9 Å². The first-order chi connectivity index (χ1) is 8.95. The lowest BCUT2D eigenvalue weighted by Crippen LogP contribution is -2.57. The number of aryl methyl sites for hydroxylation is 1. The average Bonchev–Trinajstić information content (AvgIpc) is 2.39. The van der Waals surface area contributed by atoms with Crippen molar-refractivity contribution < 1.29 is 14.7 Å². The molecular weight excluding hydrogens is 246 g/mol. The van der Waals surface area contributed by atoms with Crippen LogP contribution in [0.4, 0.5) is 0 Å². The van der Waals surface area contributed by atoms with Crippen LogP contribution in [0.5, 0.6) is 0 Å². The van der Waals surface area contributed by atoms with Crippen molar-refractivity contribution >= 4 is 11.9 Å². The molecule has 1 atom stereocenters. The summed E-state index contributed by atoms with van der Waals surface area (Å²) >= 11 is 0. The lowest BCUT2D eigenvalue weighted by atomic mass is 9.88. The fourth-order valence-electron chi connectivity index (χ4n) is 2.31. The summed E-state index contributed by atoms with van der Waals surface area (Å²) in [6, 6.07) is 0. The van der Waals surface area contributed by atoms with Crippen LogP contribution in [0.1, 0.15) is 42.4 Å². The number of piperidine rings is 1. The van der Waals surface area contributed by atoms with Crippen molar-refractivity contribution in [1.82, 2.24) is 14.9 Å². The van der Waals surface area contributed by atoms with Crippen molar-refractivity contribution in [2.24, 2.45) is 0 Å². The molecule has 0 bridgehead atoms. The van der Waals surface area contributed by atoms with E-state index >= 15 is 0 Å². The molecule has 19 heavy (non-hydrogen) atoms. The van der Waals surface area contributed by atoms with Gasteiger partial charge < -0.3 is 10.0 Å². The number of likely N-dealkylation sites (tertiary alicyclic amines) is 1. The predicted molar refractivity (Wildman–Crippen MR) is 67.7 cm³/mol. The Kier molecular flexibility index (Phi) is 3.50. The van der Waals surface area contributed by atoms with E-state index in [2.05, 4.69) is 9.97 Å². The number of nitrogens with zero attached hydrogens (tertiary/aromatic N) is 3. The molecule has 6 nitrogen and oxygen atoms in total. The molecule has 1 aliphatic heterocycles. The number of carbonyl (C=O) groups is 2. The summed E-state index contributed by atoms with van der Waals surface area (Å²) in [7, 11) is 0. The minimum Gasteiger partial charge on any atom is -0.480 e. The van der Waals surface area contributed by atoms with Gasteiger partial charge in [0, 0.05) is 12.7 Å². The zero-order valence-electron chi connectivity index (χ0n) is 11.1. The van der Waals surface area contributed by atoms with Gasteiger partial charge in [-0.05, 0) is 33.1 Å². The van der Waals surface area contributed by atoms with Crippen LogP contribution in [0.25, 0.3) is 0 Å². The first-order valence-corrected chi connectivity index (χ1v) is 6.29. The molecule has 0 aromatic carbocycles. The van der Waals surface area contributed by atoms with Gasteiger partial charge >= 0.3 is 5.97 Å². The number of carbonyl (C=O) groups excluding carboxylic acids is 1. The molecule has 2 rings (SSSR count). The zero-order chi connectivity index (χ0) is 14.0. The second-order valence-corrected chi connectivity index (χ2v) is 5.04. The highest BCUT2D eigenvalue weighted by Crippen LogP contribution is 2.29. The third-order valence-corrected chi connectivity index (χ3v) is 3.60. The molecular formula is C13H17N3O3. The first kappa shape index (κ1) is 13.5. The van der Waals surface area contributed by atoms with Gasteiger partial charge in [0.1, 0.15) is 11.2 Å². The summed E-state index contributed by atoms with van der Waals surface area (Å²) in [5.41, 5.74) is -0.238. The van der Waals surface area contributed by atoms with Gasteiger partial charge in [-0.25, -0.2) is 9.78 Å². The third kappa shape index (κ3) is 2.43. The van der Waals surface area contributed by atoms with E-state index in [0.717, 1.165) is 18.5 Å². The fourth-order valence-corrected chi connectivity index (χ4v) is 2.31. The van der Waals surface area contributed by atoms with E-state index in [4.69, 9.17) is 0 Å². The quantitative estimate of drug-likeness (QED) is 0.868. The highest BCUT2D eigenvalue weighted by molar-refractivity contribution is 5.96. The Morgan fingerprint density at radius 2 is 2.05 bits per heavy atom. The summed E-state index contributed by atoms with van der Waals surface area (Å²) in [6.07, 6.45) is 5.00. The molecule has 1 aliphatic rings. The first-order valence-electron chi connectivity index (χ1n) is 6.29. The smallest absolute Gasteiger partial charge is 0.329 e. The summed E-state index contributed by atoms with van der Waals surface area (Å²) in [6.45, 7) is 3.81. The van der Waals surface area contributed by atoms with E-state index in [1.807, 2.05) is 0 Å². The van der Waals surface area contributed by atoms with E-state index in [1.165, 1.54) is 17.3 Å². The number of amides is 1. The summed E-state index contributed by atoms with van der Waals surface area (Å²) in [5.74, 6) is -1.34. The Balaban J connectivity index is 2.30. The van der Waals surface area contributed by atoms with Crippen LogP contribution in [0.15, 0.2) is 12.4 Å². The minimum absolute atomic E-state index is 0.194. The molecule has 1 aromatic heterocycles. The second-order valence-electron chi connectivity index (χ2n) is 5.04. The third-order valence-electron chi connectivity index (χ3n) is 3.60. The van der Waals surface area contributed by atoms with Crippen LogP contribution in [0.2, 0.25) is 0 Å². The van der Waals surface area contributed by atoms with Gasteiger partial charge in [0.25, 0.3) is 5.91 Å². The molecule has 1 unspecified atom stereocenters. The number of hydrogen-bond acceptors (Lipinski definition) is 4. The van der Waals surface area contributed by atoms with Crippen molar-refractivity contribution in [1.29, 1.82) is 0 Å². The zero-order valence-corrected chi connectivity index (χ0v) is 11.1. The van der Waals surface area contributed by atoms with Crippen LogP contribution < -0.4 is 0 Å². The van der Waals surface area contributed by atoms with Crippen LogP contribution in [0.3, 0.4) is 0 Å². The maximum absolute atomic E-state index is 12.4. The lowest BCUT2D eigenvalue weighted by molar-refractivity contribution is -0.150. The van der Waals surface area contributed by atoms with Gasteiger partial charge in [0.2, 0.25) is 0 Å². The van der Waals surface area contributed by atoms with Crippen LogP contribution in [0, 0.1) is 6.92 Å². The molecule has 0 aliphatic carbocycles. The Bertz CT molecular complexity index is 500. The number of aromatic nitrogens is 2. The standard InChI is InChI=1S/C13H17N3O3/c1-9-7-15-10(8-14-9)11(17)16-6-4-3-5-13(16,2)12(18)19/h7-8H,3-6H2,1-2H3,(H,18,19). The molecule has 1 saturated heterocycles. The molecule has 2 heterocycles. The molecule has 0 saturated carbocycles. The number of hydrogen-bond donors (Lipinski definition) is 1. The highest BCUT2D eigenvalue weighted by Gasteiger charge is 2.44. The van der Waals surface area contributed by atoms with Gasteiger partial charge in [0.15, 0.2) is 0 Å². The Morgan fingerprint density at radius 3 is 2.63 bits per heavy atom. The maximum atomic E-state index is 12.4. The Labute approximate surface area is 111 Å². The van der Waals surface area contributed by atoms with Crippen molar-refractivity contribution in [2.75, 3.05) is 6.54 Å². The number of carboxylic acids is 1. The van der Waals surface area contributed by atoms with Gasteiger partial charge in [-0.15, -0.1) is 0 Å². The largest absolute Gasteiger partial charge is 0.480 e. The van der Waals surface area contributed by atoms with Crippen LogP contribution >= 0.6 is 0 Å². The molecule has 6 heteroatoms. The van der Waals surface area contributed by atoms with E-state index in [0.29, 0.717) is 13.0 Å². The van der Waals surface area contributed by atoms with Crippen LogP contribution in [-0.2, 0) is 4.79 Å². The SMILES string of the molecule is Cc1cnc(C(=O)N2CCCCC2(C)C(=O)O)cn1. The number of rotatable bonds is 2. The molecule has 102 valence electrons. The molecule has 1 fully saturated rings. The van der Waals surface area contributed by atoms with Gasteiger partial charge in [-0.1, -0.05) is 0 Å². The molecule has 1 N–H and O–H groups in total. The number of carboxylic acid groups (broad SMARTS) is 1. The molecule has 0 radical (unpaired) electrons. The predicted octanol–water partition coefficient (Wildman–Crippen LogP) is 1.25.